The van der Waals surface area contributed by atoms with Crippen LogP contribution in [0.5, 0.6) is 0 Å². The lowest BCUT2D eigenvalue weighted by Gasteiger charge is -2.26. The van der Waals surface area contributed by atoms with Crippen LogP contribution in [0.2, 0.25) is 0 Å². The number of fused-ring (bicyclic) bond motifs is 1. The summed E-state index contributed by atoms with van der Waals surface area (Å²) in [6.45, 7) is 7.52. The predicted octanol–water partition coefficient (Wildman–Crippen LogP) is 1.10. The van der Waals surface area contributed by atoms with Gasteiger partial charge in [-0.3, -0.25) is 14.5 Å². The van der Waals surface area contributed by atoms with Gasteiger partial charge in [-0.25, -0.2) is 4.98 Å². The van der Waals surface area contributed by atoms with Crippen LogP contribution in [-0.2, 0) is 27.3 Å². The van der Waals surface area contributed by atoms with Crippen LogP contribution in [0.15, 0.2) is 0 Å². The van der Waals surface area contributed by atoms with Gasteiger partial charge in [-0.15, -0.1) is 11.3 Å². The van der Waals surface area contributed by atoms with Gasteiger partial charge in [0, 0.05) is 50.3 Å². The Morgan fingerprint density at radius 2 is 2.04 bits per heavy atom. The van der Waals surface area contributed by atoms with E-state index in [9.17, 15) is 9.59 Å². The molecule has 0 aliphatic carbocycles. The van der Waals surface area contributed by atoms with Crippen LogP contribution in [0.25, 0.3) is 0 Å². The first-order chi connectivity index (χ1) is 11.7. The number of carbonyl (C=O) groups is 2. The number of nitrogens with one attached hydrogen (secondary N) is 1. The summed E-state index contributed by atoms with van der Waals surface area (Å²) in [6.07, 6.45) is 1.37. The average molecular weight is 352 g/mol. The Bertz CT molecular complexity index is 598. The first kappa shape index (κ1) is 17.3. The largest absolute Gasteiger partial charge is 0.378 e. The number of ether oxygens (including phenoxy) is 1. The maximum atomic E-state index is 12.1. The van der Waals surface area contributed by atoms with Crippen molar-refractivity contribution in [1.82, 2.24) is 14.8 Å². The zero-order chi connectivity index (χ0) is 16.9. The van der Waals surface area contributed by atoms with Crippen molar-refractivity contribution in [3.8, 4) is 0 Å². The zero-order valence-corrected chi connectivity index (χ0v) is 14.9. The molecule has 2 amide bonds. The Morgan fingerprint density at radius 1 is 1.25 bits per heavy atom. The predicted molar refractivity (Wildman–Crippen MR) is 92.0 cm³/mol. The van der Waals surface area contributed by atoms with E-state index in [0.717, 1.165) is 31.7 Å². The molecule has 132 valence electrons. The third kappa shape index (κ3) is 4.31. The minimum Gasteiger partial charge on any atom is -0.378 e. The molecule has 1 aromatic heterocycles. The summed E-state index contributed by atoms with van der Waals surface area (Å²) < 4.78 is 5.23. The quantitative estimate of drug-likeness (QED) is 0.859. The summed E-state index contributed by atoms with van der Waals surface area (Å²) in [6, 6.07) is 0. The molecular weight excluding hydrogens is 328 g/mol. The van der Waals surface area contributed by atoms with Crippen LogP contribution in [0.3, 0.4) is 0 Å². The van der Waals surface area contributed by atoms with E-state index in [0.29, 0.717) is 31.4 Å². The van der Waals surface area contributed by atoms with Crippen molar-refractivity contribution < 1.29 is 14.3 Å². The maximum Gasteiger partial charge on any atom is 0.226 e. The summed E-state index contributed by atoms with van der Waals surface area (Å²) in [5, 5.41) is 3.50. The number of hydrogen-bond donors (Lipinski definition) is 1. The minimum atomic E-state index is -0.143. The molecule has 0 spiro atoms. The van der Waals surface area contributed by atoms with E-state index in [2.05, 4.69) is 22.1 Å². The number of thiazole rings is 1. The molecule has 7 nitrogen and oxygen atoms in total. The SMILES string of the molecule is CCN1CCc2nc(NC(=O)CCC(=O)N3CCOCC3)sc2C1. The van der Waals surface area contributed by atoms with Gasteiger partial charge < -0.3 is 15.0 Å². The third-order valence-corrected chi connectivity index (χ3v) is 5.43. The van der Waals surface area contributed by atoms with Crippen LogP contribution >= 0.6 is 11.3 Å². The van der Waals surface area contributed by atoms with Crippen molar-refractivity contribution in [3.05, 3.63) is 10.6 Å². The maximum absolute atomic E-state index is 12.1. The van der Waals surface area contributed by atoms with Gasteiger partial charge in [0.25, 0.3) is 0 Å². The highest BCUT2D eigenvalue weighted by atomic mass is 32.1. The van der Waals surface area contributed by atoms with Gasteiger partial charge in [0.2, 0.25) is 11.8 Å². The highest BCUT2D eigenvalue weighted by Gasteiger charge is 2.21. The number of likely N-dealkylation sites (N-methyl/N-ethyl adjacent to an activating group) is 1. The minimum absolute atomic E-state index is 0.0190. The van der Waals surface area contributed by atoms with Crippen LogP contribution in [0.1, 0.15) is 30.3 Å². The second kappa shape index (κ2) is 8.04. The van der Waals surface area contributed by atoms with Crippen molar-refractivity contribution in [2.45, 2.75) is 32.7 Å². The number of morpholine rings is 1. The highest BCUT2D eigenvalue weighted by molar-refractivity contribution is 7.15. The molecule has 3 rings (SSSR count). The topological polar surface area (TPSA) is 74.8 Å². The van der Waals surface area contributed by atoms with Crippen molar-refractivity contribution >= 4 is 28.3 Å². The summed E-state index contributed by atoms with van der Waals surface area (Å²) >= 11 is 1.55. The van der Waals surface area contributed by atoms with Gasteiger partial charge in [-0.1, -0.05) is 6.92 Å². The van der Waals surface area contributed by atoms with Gasteiger partial charge in [-0.2, -0.15) is 0 Å². The van der Waals surface area contributed by atoms with Crippen LogP contribution in [0.4, 0.5) is 5.13 Å². The Kier molecular flexibility index (Phi) is 5.80. The van der Waals surface area contributed by atoms with Crippen LogP contribution < -0.4 is 5.32 Å². The van der Waals surface area contributed by atoms with Gasteiger partial charge in [0.05, 0.1) is 18.9 Å². The molecule has 3 heterocycles. The molecule has 0 unspecified atom stereocenters. The fourth-order valence-electron chi connectivity index (χ4n) is 2.94. The van der Waals surface area contributed by atoms with Gasteiger partial charge in [0.15, 0.2) is 5.13 Å². The van der Waals surface area contributed by atoms with Gasteiger partial charge in [-0.05, 0) is 6.54 Å². The van der Waals surface area contributed by atoms with Crippen LogP contribution in [-0.4, -0.2) is 66.0 Å². The van der Waals surface area contributed by atoms with E-state index in [1.165, 1.54) is 4.88 Å². The fourth-order valence-corrected chi connectivity index (χ4v) is 4.01. The molecule has 0 atom stereocenters. The summed E-state index contributed by atoms with van der Waals surface area (Å²) in [4.78, 5) is 34.0. The normalized spacial score (nSPS) is 18.3. The fraction of sp³-hybridized carbons (Fsp3) is 0.688. The second-order valence-corrected chi connectivity index (χ2v) is 7.13. The first-order valence-electron chi connectivity index (χ1n) is 8.52. The lowest BCUT2D eigenvalue weighted by Crippen LogP contribution is -2.40. The Labute approximate surface area is 146 Å². The number of amides is 2. The number of hydrogen-bond acceptors (Lipinski definition) is 6. The summed E-state index contributed by atoms with van der Waals surface area (Å²) in [5.74, 6) is -0.125. The van der Waals surface area contributed by atoms with E-state index >= 15 is 0 Å². The first-order valence-corrected chi connectivity index (χ1v) is 9.33. The second-order valence-electron chi connectivity index (χ2n) is 6.05. The molecule has 8 heteroatoms. The van der Waals surface area contributed by atoms with E-state index < -0.39 is 0 Å². The highest BCUT2D eigenvalue weighted by Crippen LogP contribution is 2.28. The molecule has 0 saturated carbocycles. The Balaban J connectivity index is 1.47. The van der Waals surface area contributed by atoms with Crippen molar-refractivity contribution in [2.24, 2.45) is 0 Å². The number of rotatable bonds is 5. The molecule has 1 N–H and O–H groups in total. The number of anilines is 1. The average Bonchev–Trinajstić information content (AvgIpc) is 3.01. The summed E-state index contributed by atoms with van der Waals surface area (Å²) in [5.41, 5.74) is 1.10. The Morgan fingerprint density at radius 3 is 2.79 bits per heavy atom. The molecule has 1 aromatic rings. The zero-order valence-electron chi connectivity index (χ0n) is 14.0. The lowest BCUT2D eigenvalue weighted by atomic mass is 10.2. The number of aromatic nitrogens is 1. The molecule has 24 heavy (non-hydrogen) atoms. The molecule has 0 bridgehead atoms. The smallest absolute Gasteiger partial charge is 0.226 e. The number of carbonyl (C=O) groups excluding carboxylic acids is 2. The van der Waals surface area contributed by atoms with Crippen LogP contribution in [0, 0.1) is 0 Å². The molecular formula is C16H24N4O3S. The molecule has 1 fully saturated rings. The van der Waals surface area contributed by atoms with E-state index in [1.807, 2.05) is 0 Å². The van der Waals surface area contributed by atoms with Gasteiger partial charge in [0.1, 0.15) is 0 Å². The molecule has 0 radical (unpaired) electrons. The standard InChI is InChI=1S/C16H24N4O3S/c1-2-19-6-5-12-13(11-19)24-16(17-12)18-14(21)3-4-15(22)20-7-9-23-10-8-20/h2-11H2,1H3,(H,17,18,21). The monoisotopic (exact) mass is 352 g/mol. The van der Waals surface area contributed by atoms with Gasteiger partial charge >= 0.3 is 0 Å². The van der Waals surface area contributed by atoms with E-state index in [-0.39, 0.29) is 24.7 Å². The van der Waals surface area contributed by atoms with Crippen molar-refractivity contribution in [2.75, 3.05) is 44.7 Å². The van der Waals surface area contributed by atoms with E-state index in [1.54, 1.807) is 16.2 Å². The van der Waals surface area contributed by atoms with E-state index in [4.69, 9.17) is 4.74 Å². The molecule has 2 aliphatic rings. The molecule has 2 aliphatic heterocycles. The summed E-state index contributed by atoms with van der Waals surface area (Å²) in [7, 11) is 0. The van der Waals surface area contributed by atoms with Crippen molar-refractivity contribution in [1.29, 1.82) is 0 Å². The molecule has 1 saturated heterocycles. The molecule has 0 aromatic carbocycles. The third-order valence-electron chi connectivity index (χ3n) is 4.43. The Hall–Kier alpha value is -1.51. The van der Waals surface area contributed by atoms with Crippen molar-refractivity contribution in [3.63, 3.8) is 0 Å². The number of nitrogens with zero attached hydrogens (tertiary/aromatic N) is 3. The lowest BCUT2D eigenvalue weighted by molar-refractivity contribution is -0.136.